The molecule has 4 aromatic rings. The van der Waals surface area contributed by atoms with E-state index < -0.39 is 0 Å². The first-order valence-electron chi connectivity index (χ1n) is 11.5. The lowest BCUT2D eigenvalue weighted by atomic mass is 10.0. The van der Waals surface area contributed by atoms with Gasteiger partial charge in [-0.05, 0) is 40.8 Å². The maximum atomic E-state index is 9.71. The Morgan fingerprint density at radius 1 is 1.11 bits per heavy atom. The van der Waals surface area contributed by atoms with Crippen LogP contribution in [-0.2, 0) is 18.4 Å². The van der Waals surface area contributed by atoms with E-state index in [-0.39, 0.29) is 6.61 Å². The molecule has 4 rings (SSSR count). The number of nitrogens with zero attached hydrogens (tertiary/aromatic N) is 3. The van der Waals surface area contributed by atoms with Gasteiger partial charge in [0.05, 0.1) is 37.9 Å². The van der Waals surface area contributed by atoms with Gasteiger partial charge in [0.15, 0.2) is 0 Å². The van der Waals surface area contributed by atoms with Gasteiger partial charge in [-0.3, -0.25) is 4.68 Å². The molecule has 0 amide bonds. The van der Waals surface area contributed by atoms with E-state index in [0.29, 0.717) is 24.7 Å². The summed E-state index contributed by atoms with van der Waals surface area (Å²) in [5.41, 5.74) is 4.95. The molecule has 0 fully saturated rings. The van der Waals surface area contributed by atoms with Crippen molar-refractivity contribution in [3.8, 4) is 16.9 Å². The number of hydrogen-bond donors (Lipinski definition) is 4. The van der Waals surface area contributed by atoms with Crippen LogP contribution in [0.5, 0.6) is 5.75 Å². The Morgan fingerprint density at radius 2 is 1.97 bits per heavy atom. The van der Waals surface area contributed by atoms with Gasteiger partial charge < -0.3 is 30.6 Å². The molecular weight excluding hydrogens is 456 g/mol. The van der Waals surface area contributed by atoms with E-state index in [4.69, 9.17) is 14.9 Å². The minimum atomic E-state index is -0.102. The molecule has 9 nitrogen and oxygen atoms in total. The molecule has 2 heterocycles. The highest BCUT2D eigenvalue weighted by Crippen LogP contribution is 2.34. The predicted molar refractivity (Wildman–Crippen MR) is 143 cm³/mol. The normalized spacial score (nSPS) is 11.5. The maximum Gasteiger partial charge on any atom is 0.142 e. The van der Waals surface area contributed by atoms with Crippen LogP contribution in [0.15, 0.2) is 61.1 Å². The molecule has 0 saturated heterocycles. The fourth-order valence-corrected chi connectivity index (χ4v) is 3.93. The second-order valence-electron chi connectivity index (χ2n) is 8.15. The number of allylic oxidation sites excluding steroid dienone is 1. The third-order valence-corrected chi connectivity index (χ3v) is 5.91. The van der Waals surface area contributed by atoms with Crippen molar-refractivity contribution < 1.29 is 14.6 Å². The Labute approximate surface area is 209 Å². The molecule has 0 saturated carbocycles. The van der Waals surface area contributed by atoms with Crippen molar-refractivity contribution in [2.24, 2.45) is 7.05 Å². The van der Waals surface area contributed by atoms with Crippen LogP contribution in [0.25, 0.3) is 27.5 Å². The molecule has 2 aromatic heterocycles. The molecular formula is C27H30N6O3. The third-order valence-electron chi connectivity index (χ3n) is 5.91. The van der Waals surface area contributed by atoms with Crippen molar-refractivity contribution in [1.82, 2.24) is 20.1 Å². The van der Waals surface area contributed by atoms with Gasteiger partial charge >= 0.3 is 0 Å². The van der Waals surface area contributed by atoms with Gasteiger partial charge in [0, 0.05) is 55.8 Å². The Bertz CT molecular complexity index is 1400. The lowest BCUT2D eigenvalue weighted by molar-refractivity contribution is 0.203. The second kappa shape index (κ2) is 11.5. The first-order valence-corrected chi connectivity index (χ1v) is 11.5. The molecule has 0 bridgehead atoms. The fourth-order valence-electron chi connectivity index (χ4n) is 3.93. The smallest absolute Gasteiger partial charge is 0.142 e. The summed E-state index contributed by atoms with van der Waals surface area (Å²) in [4.78, 5) is 4.55. The summed E-state index contributed by atoms with van der Waals surface area (Å²) in [6, 6.07) is 13.8. The van der Waals surface area contributed by atoms with Crippen molar-refractivity contribution >= 4 is 34.1 Å². The highest BCUT2D eigenvalue weighted by Gasteiger charge is 2.13. The number of anilines is 2. The molecule has 0 unspecified atom stereocenters. The zero-order chi connectivity index (χ0) is 25.5. The van der Waals surface area contributed by atoms with Crippen molar-refractivity contribution in [2.45, 2.75) is 6.61 Å². The Morgan fingerprint density at radius 3 is 2.72 bits per heavy atom. The fraction of sp³-hybridized carbons (Fsp3) is 0.222. The third kappa shape index (κ3) is 5.37. The van der Waals surface area contributed by atoms with Gasteiger partial charge in [-0.25, -0.2) is 4.98 Å². The van der Waals surface area contributed by atoms with Gasteiger partial charge in [0.1, 0.15) is 11.6 Å². The van der Waals surface area contributed by atoms with E-state index in [1.807, 2.05) is 54.9 Å². The van der Waals surface area contributed by atoms with Crippen molar-refractivity contribution in [3.05, 3.63) is 72.3 Å². The topological polar surface area (TPSA) is 117 Å². The molecule has 0 radical (unpaired) electrons. The van der Waals surface area contributed by atoms with Crippen molar-refractivity contribution in [2.75, 3.05) is 32.7 Å². The summed E-state index contributed by atoms with van der Waals surface area (Å²) in [5, 5.41) is 30.3. The van der Waals surface area contributed by atoms with Gasteiger partial charge in [-0.15, -0.1) is 0 Å². The van der Waals surface area contributed by atoms with Crippen LogP contribution in [-0.4, -0.2) is 53.5 Å². The number of aromatic nitrogens is 3. The standard InChI is InChI=1S/C27H30N6O3/c1-33-25(17-34)23(16-31-33)19-6-7-24(26(11-19)36-3)32-27-12-21-10-18(4-5-20(21)15-30-27)22(13-28)14-29-8-9-35-2/h4-7,10-16,28-29,34H,8-9,17H2,1-3H3,(H,30,32)/b22-14+,28-13?. The summed E-state index contributed by atoms with van der Waals surface area (Å²) in [5.74, 6) is 1.31. The van der Waals surface area contributed by atoms with E-state index in [2.05, 4.69) is 20.7 Å². The highest BCUT2D eigenvalue weighted by molar-refractivity contribution is 6.09. The summed E-state index contributed by atoms with van der Waals surface area (Å²) >= 11 is 0. The molecule has 0 aliphatic heterocycles. The van der Waals surface area contributed by atoms with Crippen LogP contribution in [0.4, 0.5) is 11.5 Å². The molecule has 0 aliphatic carbocycles. The van der Waals surface area contributed by atoms with E-state index in [9.17, 15) is 5.11 Å². The van der Waals surface area contributed by atoms with Gasteiger partial charge in [0.2, 0.25) is 0 Å². The molecule has 186 valence electrons. The highest BCUT2D eigenvalue weighted by atomic mass is 16.5. The lowest BCUT2D eigenvalue weighted by Crippen LogP contribution is -2.13. The Hall–Kier alpha value is -4.21. The molecule has 0 atom stereocenters. The summed E-state index contributed by atoms with van der Waals surface area (Å²) < 4.78 is 12.4. The second-order valence-corrected chi connectivity index (χ2v) is 8.15. The number of aliphatic hydroxyl groups is 1. The number of aryl methyl sites for hydroxylation is 1. The maximum absolute atomic E-state index is 9.71. The number of nitrogens with one attached hydrogen (secondary N) is 3. The number of methoxy groups -OCH3 is 2. The van der Waals surface area contributed by atoms with Crippen molar-refractivity contribution in [3.63, 3.8) is 0 Å². The van der Waals surface area contributed by atoms with E-state index in [0.717, 1.165) is 44.4 Å². The van der Waals surface area contributed by atoms with Gasteiger partial charge in [-0.2, -0.15) is 5.10 Å². The van der Waals surface area contributed by atoms with Crippen molar-refractivity contribution in [1.29, 1.82) is 5.41 Å². The molecule has 4 N–H and O–H groups in total. The summed E-state index contributed by atoms with van der Waals surface area (Å²) in [6.07, 6.45) is 6.71. The average molecular weight is 487 g/mol. The Balaban J connectivity index is 1.60. The zero-order valence-corrected chi connectivity index (χ0v) is 20.6. The minimum absolute atomic E-state index is 0.102. The first-order chi connectivity index (χ1) is 17.6. The number of fused-ring (bicyclic) bond motifs is 1. The van der Waals surface area contributed by atoms with Crippen LogP contribution in [0.1, 0.15) is 11.3 Å². The van der Waals surface area contributed by atoms with Crippen LogP contribution in [0.2, 0.25) is 0 Å². The number of pyridine rings is 1. The number of hydrogen-bond acceptors (Lipinski definition) is 8. The summed E-state index contributed by atoms with van der Waals surface area (Å²) in [7, 11) is 5.08. The molecule has 9 heteroatoms. The number of rotatable bonds is 11. The lowest BCUT2D eigenvalue weighted by Gasteiger charge is -2.13. The zero-order valence-electron chi connectivity index (χ0n) is 20.6. The van der Waals surface area contributed by atoms with Gasteiger partial charge in [-0.1, -0.05) is 18.2 Å². The monoisotopic (exact) mass is 486 g/mol. The largest absolute Gasteiger partial charge is 0.495 e. The number of benzene rings is 2. The van der Waals surface area contributed by atoms with E-state index in [1.165, 1.54) is 6.21 Å². The quantitative estimate of drug-likeness (QED) is 0.186. The molecule has 2 aromatic carbocycles. The SMILES string of the molecule is COCCN/C=C(\C=N)c1ccc2cnc(Nc3ccc(-c4cnn(C)c4CO)cc3OC)cc2c1. The van der Waals surface area contributed by atoms with E-state index in [1.54, 1.807) is 32.1 Å². The minimum Gasteiger partial charge on any atom is -0.495 e. The van der Waals surface area contributed by atoms with Crippen LogP contribution < -0.4 is 15.4 Å². The number of ether oxygens (including phenoxy) is 2. The van der Waals surface area contributed by atoms with Crippen LogP contribution in [0, 0.1) is 5.41 Å². The number of aliphatic hydroxyl groups excluding tert-OH is 1. The predicted octanol–water partition coefficient (Wildman–Crippen LogP) is 4.11. The van der Waals surface area contributed by atoms with E-state index >= 15 is 0 Å². The first kappa shape index (κ1) is 24.9. The summed E-state index contributed by atoms with van der Waals surface area (Å²) in [6.45, 7) is 1.16. The Kier molecular flexibility index (Phi) is 7.94. The average Bonchev–Trinajstić information content (AvgIpc) is 3.28. The molecule has 36 heavy (non-hydrogen) atoms. The molecule has 0 aliphatic rings. The van der Waals surface area contributed by atoms with Crippen LogP contribution in [0.3, 0.4) is 0 Å². The van der Waals surface area contributed by atoms with Gasteiger partial charge in [0.25, 0.3) is 0 Å². The van der Waals surface area contributed by atoms with Crippen LogP contribution >= 0.6 is 0 Å². The molecule has 0 spiro atoms.